The van der Waals surface area contributed by atoms with Gasteiger partial charge in [0.2, 0.25) is 0 Å². The van der Waals surface area contributed by atoms with Gasteiger partial charge < -0.3 is 9.47 Å². The minimum Gasteiger partial charge on any atom is -0.436 e. The molecule has 2 aromatic rings. The van der Waals surface area contributed by atoms with Gasteiger partial charge in [0.1, 0.15) is 0 Å². The largest absolute Gasteiger partial charge is 0.436 e. The molecular weight excluding hydrogens is 344 g/mol. The van der Waals surface area contributed by atoms with Gasteiger partial charge in [0.15, 0.2) is 13.2 Å². The van der Waals surface area contributed by atoms with E-state index in [4.69, 9.17) is 22.3 Å². The first-order valence-corrected chi connectivity index (χ1v) is 8.03. The fourth-order valence-corrected chi connectivity index (χ4v) is 2.17. The summed E-state index contributed by atoms with van der Waals surface area (Å²) in [5, 5.41) is 5.17. The van der Waals surface area contributed by atoms with Crippen LogP contribution >= 0.6 is 0 Å². The zero-order valence-electron chi connectivity index (χ0n) is 14.5. The average Bonchev–Trinajstić information content (AvgIpc) is 2.68. The fourth-order valence-electron chi connectivity index (χ4n) is 2.17. The number of terminal acetylenes is 2. The molecule has 6 nitrogen and oxygen atoms in total. The zero-order valence-corrected chi connectivity index (χ0v) is 14.5. The number of benzene rings is 2. The Morgan fingerprint density at radius 3 is 1.44 bits per heavy atom. The van der Waals surface area contributed by atoms with E-state index < -0.39 is 12.2 Å². The smallest absolute Gasteiger partial charge is 0.412 e. The van der Waals surface area contributed by atoms with Crippen LogP contribution in [0, 0.1) is 24.7 Å². The van der Waals surface area contributed by atoms with Crippen LogP contribution in [0.3, 0.4) is 0 Å². The van der Waals surface area contributed by atoms with Crippen molar-refractivity contribution in [3.8, 4) is 24.7 Å². The number of ether oxygens (including phenoxy) is 2. The van der Waals surface area contributed by atoms with E-state index in [9.17, 15) is 9.59 Å². The zero-order chi connectivity index (χ0) is 19.5. The topological polar surface area (TPSA) is 76.7 Å². The fraction of sp³-hybridized carbons (Fsp3) is 0.143. The van der Waals surface area contributed by atoms with Gasteiger partial charge in [-0.1, -0.05) is 36.1 Å². The second kappa shape index (κ2) is 10.2. The maximum atomic E-state index is 11.4. The van der Waals surface area contributed by atoms with Crippen LogP contribution in [-0.2, 0) is 15.9 Å². The number of anilines is 2. The number of nitrogens with one attached hydrogen (secondary N) is 2. The molecule has 0 aromatic heterocycles. The van der Waals surface area contributed by atoms with E-state index in [0.717, 1.165) is 11.1 Å². The van der Waals surface area contributed by atoms with E-state index in [1.807, 2.05) is 24.3 Å². The molecule has 0 aliphatic heterocycles. The molecule has 0 bridgehead atoms. The van der Waals surface area contributed by atoms with Crippen molar-refractivity contribution in [3.05, 3.63) is 59.7 Å². The molecule has 0 saturated carbocycles. The normalized spacial score (nSPS) is 9.41. The van der Waals surface area contributed by atoms with Crippen LogP contribution in [-0.4, -0.2) is 25.4 Å². The number of amides is 2. The van der Waals surface area contributed by atoms with Gasteiger partial charge in [-0.15, -0.1) is 12.8 Å². The molecule has 2 amide bonds. The molecule has 0 radical (unpaired) electrons. The van der Waals surface area contributed by atoms with Crippen LogP contribution in [0.5, 0.6) is 0 Å². The highest BCUT2D eigenvalue weighted by atomic mass is 16.6. The first kappa shape index (κ1) is 19.4. The first-order valence-electron chi connectivity index (χ1n) is 8.03. The summed E-state index contributed by atoms with van der Waals surface area (Å²) < 4.78 is 9.49. The van der Waals surface area contributed by atoms with E-state index in [0.29, 0.717) is 17.8 Å². The Kier molecular flexibility index (Phi) is 7.32. The quantitative estimate of drug-likeness (QED) is 0.769. The first-order chi connectivity index (χ1) is 13.1. The number of rotatable bonds is 6. The lowest BCUT2D eigenvalue weighted by Gasteiger charge is -2.08. The Bertz CT molecular complexity index is 786. The second-order valence-electron chi connectivity index (χ2n) is 5.38. The molecular formula is C21H18N2O4. The van der Waals surface area contributed by atoms with Gasteiger partial charge in [-0.3, -0.25) is 10.6 Å². The predicted octanol–water partition coefficient (Wildman–Crippen LogP) is 3.64. The Labute approximate surface area is 157 Å². The summed E-state index contributed by atoms with van der Waals surface area (Å²) >= 11 is 0. The van der Waals surface area contributed by atoms with Crippen molar-refractivity contribution in [2.45, 2.75) is 6.42 Å². The molecule has 0 aliphatic rings. The third-order valence-corrected chi connectivity index (χ3v) is 3.38. The highest BCUT2D eigenvalue weighted by molar-refractivity contribution is 5.85. The van der Waals surface area contributed by atoms with Crippen molar-refractivity contribution < 1.29 is 19.1 Å². The molecule has 6 heteroatoms. The van der Waals surface area contributed by atoms with Crippen LogP contribution in [0.15, 0.2) is 48.5 Å². The molecule has 2 aromatic carbocycles. The summed E-state index contributed by atoms with van der Waals surface area (Å²) in [5.41, 5.74) is 3.36. The predicted molar refractivity (Wildman–Crippen MR) is 103 cm³/mol. The molecule has 0 fully saturated rings. The maximum absolute atomic E-state index is 11.4. The Balaban J connectivity index is 1.88. The number of carbonyl (C=O) groups is 2. The van der Waals surface area contributed by atoms with Gasteiger partial charge >= 0.3 is 12.2 Å². The summed E-state index contributed by atoms with van der Waals surface area (Å²) in [6, 6.07) is 14.7. The van der Waals surface area contributed by atoms with E-state index in [1.54, 1.807) is 24.3 Å². The van der Waals surface area contributed by atoms with Crippen LogP contribution in [0.4, 0.5) is 21.0 Å². The van der Waals surface area contributed by atoms with Gasteiger partial charge in [0.05, 0.1) is 0 Å². The number of carbonyl (C=O) groups excluding carboxylic acids is 2. The van der Waals surface area contributed by atoms with Gasteiger partial charge in [0, 0.05) is 11.4 Å². The Morgan fingerprint density at radius 2 is 1.11 bits per heavy atom. The van der Waals surface area contributed by atoms with Crippen LogP contribution < -0.4 is 10.6 Å². The average molecular weight is 362 g/mol. The van der Waals surface area contributed by atoms with Crippen molar-refractivity contribution in [1.82, 2.24) is 0 Å². The number of hydrogen-bond acceptors (Lipinski definition) is 4. The molecule has 0 heterocycles. The van der Waals surface area contributed by atoms with E-state index in [1.165, 1.54) is 0 Å². The second-order valence-corrected chi connectivity index (χ2v) is 5.38. The summed E-state index contributed by atoms with van der Waals surface area (Å²) in [4.78, 5) is 22.9. The van der Waals surface area contributed by atoms with Crippen molar-refractivity contribution in [3.63, 3.8) is 0 Å². The van der Waals surface area contributed by atoms with Crippen molar-refractivity contribution in [2.24, 2.45) is 0 Å². The molecule has 0 atom stereocenters. The Hall–Kier alpha value is -3.90. The molecule has 0 unspecified atom stereocenters. The van der Waals surface area contributed by atoms with Gasteiger partial charge in [-0.2, -0.15) is 0 Å². The lowest BCUT2D eigenvalue weighted by molar-refractivity contribution is 0.175. The van der Waals surface area contributed by atoms with Crippen LogP contribution in [0.2, 0.25) is 0 Å². The summed E-state index contributed by atoms with van der Waals surface area (Å²) in [7, 11) is 0. The monoisotopic (exact) mass is 362 g/mol. The lowest BCUT2D eigenvalue weighted by Crippen LogP contribution is -2.13. The Morgan fingerprint density at radius 1 is 0.741 bits per heavy atom. The third-order valence-electron chi connectivity index (χ3n) is 3.38. The standard InChI is InChI=1S/C21H18N2O4/c1-3-13-26-20(24)22-18-9-5-16(6-10-18)15-17-7-11-19(12-8-17)23-21(25)27-14-4-2/h1-2,5-12H,13-15H2,(H,22,24)(H,23,25). The van der Waals surface area contributed by atoms with Gasteiger partial charge in [-0.05, 0) is 41.8 Å². The number of hydrogen-bond donors (Lipinski definition) is 2. The molecule has 136 valence electrons. The van der Waals surface area contributed by atoms with E-state index in [-0.39, 0.29) is 13.2 Å². The van der Waals surface area contributed by atoms with Crippen LogP contribution in [0.25, 0.3) is 0 Å². The van der Waals surface area contributed by atoms with E-state index >= 15 is 0 Å². The summed E-state index contributed by atoms with van der Waals surface area (Å²) in [6.07, 6.45) is 9.57. The van der Waals surface area contributed by atoms with E-state index in [2.05, 4.69) is 22.5 Å². The highest BCUT2D eigenvalue weighted by Crippen LogP contribution is 2.16. The molecule has 2 N–H and O–H groups in total. The SMILES string of the molecule is C#CCOC(=O)Nc1ccc(Cc2ccc(NC(=O)OCC#C)cc2)cc1. The third kappa shape index (κ3) is 6.85. The van der Waals surface area contributed by atoms with Crippen LogP contribution in [0.1, 0.15) is 11.1 Å². The molecule has 27 heavy (non-hydrogen) atoms. The summed E-state index contributed by atoms with van der Waals surface area (Å²) in [6.45, 7) is -0.146. The van der Waals surface area contributed by atoms with Crippen molar-refractivity contribution >= 4 is 23.6 Å². The van der Waals surface area contributed by atoms with Crippen molar-refractivity contribution in [2.75, 3.05) is 23.8 Å². The maximum Gasteiger partial charge on any atom is 0.412 e. The minimum atomic E-state index is -0.593. The van der Waals surface area contributed by atoms with Gasteiger partial charge in [-0.25, -0.2) is 9.59 Å². The highest BCUT2D eigenvalue weighted by Gasteiger charge is 2.04. The van der Waals surface area contributed by atoms with Crippen molar-refractivity contribution in [1.29, 1.82) is 0 Å². The molecule has 0 aliphatic carbocycles. The molecule has 2 rings (SSSR count). The summed E-state index contributed by atoms with van der Waals surface area (Å²) in [5.74, 6) is 4.45. The lowest BCUT2D eigenvalue weighted by atomic mass is 10.0. The molecule has 0 spiro atoms. The van der Waals surface area contributed by atoms with Gasteiger partial charge in [0.25, 0.3) is 0 Å². The molecule has 0 saturated heterocycles. The minimum absolute atomic E-state index is 0.0730.